The van der Waals surface area contributed by atoms with Gasteiger partial charge in [-0.25, -0.2) is 4.79 Å². The number of hydrogen-bond acceptors (Lipinski definition) is 2. The molecular formula is C14H17ClO3. The molecule has 1 N–H and O–H groups in total. The minimum absolute atomic E-state index is 0.185. The van der Waals surface area contributed by atoms with E-state index in [9.17, 15) is 4.79 Å². The molecule has 1 fully saturated rings. The lowest BCUT2D eigenvalue weighted by Gasteiger charge is -2.27. The molecule has 1 aliphatic carbocycles. The van der Waals surface area contributed by atoms with Crippen LogP contribution in [0.3, 0.4) is 0 Å². The molecule has 0 heterocycles. The van der Waals surface area contributed by atoms with Crippen LogP contribution in [0.2, 0.25) is 5.02 Å². The van der Waals surface area contributed by atoms with E-state index in [-0.39, 0.29) is 11.7 Å². The Morgan fingerprint density at radius 2 is 2.00 bits per heavy atom. The average Bonchev–Trinajstić information content (AvgIpc) is 2.34. The number of carbonyl (C=O) groups is 1. The highest BCUT2D eigenvalue weighted by Crippen LogP contribution is 2.31. The van der Waals surface area contributed by atoms with Crippen LogP contribution in [0, 0.1) is 5.92 Å². The van der Waals surface area contributed by atoms with Gasteiger partial charge in [-0.3, -0.25) is 0 Å². The summed E-state index contributed by atoms with van der Waals surface area (Å²) in [5.41, 5.74) is 0.185. The third kappa shape index (κ3) is 3.16. The molecule has 3 nitrogen and oxygen atoms in total. The Bertz CT molecular complexity index is 437. The second-order valence-electron chi connectivity index (χ2n) is 4.95. The largest absolute Gasteiger partial charge is 0.489 e. The van der Waals surface area contributed by atoms with Crippen LogP contribution < -0.4 is 4.74 Å². The van der Waals surface area contributed by atoms with Gasteiger partial charge in [0.05, 0.1) is 16.7 Å². The highest BCUT2D eigenvalue weighted by molar-refractivity contribution is 6.32. The summed E-state index contributed by atoms with van der Waals surface area (Å²) in [5, 5.41) is 9.22. The number of aromatic carboxylic acids is 1. The van der Waals surface area contributed by atoms with E-state index in [0.29, 0.717) is 10.8 Å². The summed E-state index contributed by atoms with van der Waals surface area (Å²) in [6.45, 7) is 2.25. The van der Waals surface area contributed by atoms with Crippen LogP contribution in [0.1, 0.15) is 43.0 Å². The molecule has 1 aliphatic rings. The van der Waals surface area contributed by atoms with E-state index in [4.69, 9.17) is 21.4 Å². The molecule has 0 bridgehead atoms. The number of ether oxygens (including phenoxy) is 1. The summed E-state index contributed by atoms with van der Waals surface area (Å²) < 4.78 is 5.84. The molecule has 4 heteroatoms. The van der Waals surface area contributed by atoms with E-state index < -0.39 is 5.97 Å². The van der Waals surface area contributed by atoms with E-state index >= 15 is 0 Å². The minimum Gasteiger partial charge on any atom is -0.489 e. The zero-order chi connectivity index (χ0) is 13.1. The van der Waals surface area contributed by atoms with E-state index in [1.807, 2.05) is 0 Å². The number of carboxylic acids is 1. The van der Waals surface area contributed by atoms with Crippen molar-refractivity contribution >= 4 is 17.6 Å². The van der Waals surface area contributed by atoms with Crippen LogP contribution in [0.5, 0.6) is 5.75 Å². The van der Waals surface area contributed by atoms with E-state index in [0.717, 1.165) is 18.8 Å². The molecular weight excluding hydrogens is 252 g/mol. The van der Waals surface area contributed by atoms with Crippen molar-refractivity contribution in [3.05, 3.63) is 28.8 Å². The van der Waals surface area contributed by atoms with Gasteiger partial charge < -0.3 is 9.84 Å². The minimum atomic E-state index is -0.977. The molecule has 0 saturated heterocycles. The van der Waals surface area contributed by atoms with Crippen LogP contribution in [0.4, 0.5) is 0 Å². The number of carboxylic acid groups (broad SMARTS) is 1. The second-order valence-corrected chi connectivity index (χ2v) is 5.36. The molecule has 0 amide bonds. The Labute approximate surface area is 112 Å². The van der Waals surface area contributed by atoms with Gasteiger partial charge >= 0.3 is 5.97 Å². The molecule has 1 aromatic carbocycles. The maximum atomic E-state index is 10.8. The maximum absolute atomic E-state index is 10.8. The van der Waals surface area contributed by atoms with Gasteiger partial charge in [0.15, 0.2) is 0 Å². The summed E-state index contributed by atoms with van der Waals surface area (Å²) in [6.07, 6.45) is 4.64. The van der Waals surface area contributed by atoms with Gasteiger partial charge in [-0.2, -0.15) is 0 Å². The van der Waals surface area contributed by atoms with Crippen LogP contribution in [-0.2, 0) is 0 Å². The van der Waals surface area contributed by atoms with Gasteiger partial charge in [0, 0.05) is 0 Å². The first-order valence-corrected chi connectivity index (χ1v) is 6.63. The van der Waals surface area contributed by atoms with Crippen molar-refractivity contribution in [3.63, 3.8) is 0 Å². The Balaban J connectivity index is 2.03. The van der Waals surface area contributed by atoms with Gasteiger partial charge in [-0.05, 0) is 49.8 Å². The molecule has 1 saturated carbocycles. The van der Waals surface area contributed by atoms with Crippen LogP contribution in [0.15, 0.2) is 18.2 Å². The van der Waals surface area contributed by atoms with Crippen molar-refractivity contribution in [2.75, 3.05) is 0 Å². The molecule has 0 aromatic heterocycles. The summed E-state index contributed by atoms with van der Waals surface area (Å²) in [5.74, 6) is 0.380. The number of rotatable bonds is 3. The summed E-state index contributed by atoms with van der Waals surface area (Å²) in [7, 11) is 0. The van der Waals surface area contributed by atoms with Crippen molar-refractivity contribution in [1.82, 2.24) is 0 Å². The topological polar surface area (TPSA) is 46.5 Å². The lowest BCUT2D eigenvalue weighted by atomic mass is 9.89. The van der Waals surface area contributed by atoms with Gasteiger partial charge in [0.2, 0.25) is 0 Å². The molecule has 0 spiro atoms. The normalized spacial score (nSPS) is 23.7. The predicted molar refractivity (Wildman–Crippen MR) is 70.5 cm³/mol. The summed E-state index contributed by atoms with van der Waals surface area (Å²) in [4.78, 5) is 10.8. The molecule has 1 aromatic rings. The average molecular weight is 269 g/mol. The predicted octanol–water partition coefficient (Wildman–Crippen LogP) is 4.00. The first kappa shape index (κ1) is 13.2. The highest BCUT2D eigenvalue weighted by Gasteiger charge is 2.20. The van der Waals surface area contributed by atoms with Gasteiger partial charge in [0.25, 0.3) is 0 Å². The smallest absolute Gasteiger partial charge is 0.335 e. The zero-order valence-corrected chi connectivity index (χ0v) is 11.1. The number of hydrogen-bond donors (Lipinski definition) is 1. The fourth-order valence-corrected chi connectivity index (χ4v) is 2.48. The fraction of sp³-hybridized carbons (Fsp3) is 0.500. The molecule has 0 radical (unpaired) electrons. The molecule has 98 valence electrons. The lowest BCUT2D eigenvalue weighted by Crippen LogP contribution is -2.23. The fourth-order valence-electron chi connectivity index (χ4n) is 2.26. The first-order valence-electron chi connectivity index (χ1n) is 6.25. The van der Waals surface area contributed by atoms with Crippen molar-refractivity contribution < 1.29 is 14.6 Å². The molecule has 18 heavy (non-hydrogen) atoms. The third-order valence-corrected chi connectivity index (χ3v) is 3.73. The molecule has 0 aliphatic heterocycles. The SMILES string of the molecule is CC1CCC(Oc2ccc(C(=O)O)cc2Cl)CC1. The molecule has 2 rings (SSSR count). The van der Waals surface area contributed by atoms with E-state index in [2.05, 4.69) is 6.92 Å². The monoisotopic (exact) mass is 268 g/mol. The summed E-state index contributed by atoms with van der Waals surface area (Å²) in [6, 6.07) is 4.60. The van der Waals surface area contributed by atoms with Crippen molar-refractivity contribution in [2.24, 2.45) is 5.92 Å². The second kappa shape index (κ2) is 5.61. The Morgan fingerprint density at radius 1 is 1.33 bits per heavy atom. The van der Waals surface area contributed by atoms with Gasteiger partial charge in [-0.1, -0.05) is 18.5 Å². The van der Waals surface area contributed by atoms with Crippen molar-refractivity contribution in [2.45, 2.75) is 38.7 Å². The van der Waals surface area contributed by atoms with E-state index in [1.165, 1.54) is 25.0 Å². The highest BCUT2D eigenvalue weighted by atomic mass is 35.5. The summed E-state index contributed by atoms with van der Waals surface area (Å²) >= 11 is 6.03. The Hall–Kier alpha value is -1.22. The zero-order valence-electron chi connectivity index (χ0n) is 10.4. The third-order valence-electron chi connectivity index (χ3n) is 3.44. The number of benzene rings is 1. The van der Waals surface area contributed by atoms with Crippen LogP contribution >= 0.6 is 11.6 Å². The van der Waals surface area contributed by atoms with Gasteiger partial charge in [-0.15, -0.1) is 0 Å². The molecule has 0 unspecified atom stereocenters. The lowest BCUT2D eigenvalue weighted by molar-refractivity contribution is 0.0697. The standard InChI is InChI=1S/C14H17ClO3/c1-9-2-5-11(6-3-9)18-13-7-4-10(14(16)17)8-12(13)15/h4,7-9,11H,2-3,5-6H2,1H3,(H,16,17). The Kier molecular flexibility index (Phi) is 4.12. The van der Waals surface area contributed by atoms with Crippen LogP contribution in [0.25, 0.3) is 0 Å². The number of halogens is 1. The van der Waals surface area contributed by atoms with E-state index in [1.54, 1.807) is 6.07 Å². The first-order chi connectivity index (χ1) is 8.56. The Morgan fingerprint density at radius 3 is 2.56 bits per heavy atom. The molecule has 0 atom stereocenters. The van der Waals surface area contributed by atoms with Gasteiger partial charge in [0.1, 0.15) is 5.75 Å². The quantitative estimate of drug-likeness (QED) is 0.901. The van der Waals surface area contributed by atoms with Crippen molar-refractivity contribution in [1.29, 1.82) is 0 Å². The van der Waals surface area contributed by atoms with Crippen molar-refractivity contribution in [3.8, 4) is 5.75 Å². The van der Waals surface area contributed by atoms with Crippen LogP contribution in [-0.4, -0.2) is 17.2 Å². The maximum Gasteiger partial charge on any atom is 0.335 e.